The number of benzene rings is 2. The summed E-state index contributed by atoms with van der Waals surface area (Å²) < 4.78 is 0. The third kappa shape index (κ3) is 21.2. The van der Waals surface area contributed by atoms with Gasteiger partial charge in [0.2, 0.25) is 59.1 Å². The molecule has 2 heterocycles. The van der Waals surface area contributed by atoms with Gasteiger partial charge >= 0.3 is 0 Å². The van der Waals surface area contributed by atoms with Crippen molar-refractivity contribution in [2.75, 3.05) is 24.6 Å². The highest BCUT2D eigenvalue weighted by Gasteiger charge is 2.35. The van der Waals surface area contributed by atoms with Gasteiger partial charge in [0, 0.05) is 67.9 Å². The largest absolute Gasteiger partial charge is 0.370 e. The molecule has 10 amide bonds. The van der Waals surface area contributed by atoms with Crippen LogP contribution in [0.1, 0.15) is 63.5 Å². The maximum atomic E-state index is 14.6. The van der Waals surface area contributed by atoms with Crippen molar-refractivity contribution in [2.45, 2.75) is 114 Å². The van der Waals surface area contributed by atoms with Gasteiger partial charge in [-0.2, -0.15) is 0 Å². The van der Waals surface area contributed by atoms with E-state index in [9.17, 15) is 47.9 Å². The van der Waals surface area contributed by atoms with Crippen molar-refractivity contribution in [1.82, 2.24) is 58.2 Å². The Labute approximate surface area is 451 Å². The standard InChI is InChI=1S/C48H69N17O10S2/c1-25-40(69)60-33(16-17-38(49)67)43(72)62-34(20-27-10-4-3-5-11-27)44(73)61-32(15-9-19-56-48(53)54)42(71)63-35(21-28-22-57-30-13-7-6-12-29(28)30)45(74)64-36(39(50)68)23-76-77-24-37(46(75)58-25)65-41(70)31(59-26(2)66)14-8-18-55-47(51)52/h3-7,10-13,22,25,31-37,57H,8-9,14-21,23-24H2,1-2H3,(H2,49,67)(H2,50,68)(H,58,75)(H,59,66)(H,60,69)(H,61,73)(H,62,72)(H,63,71)(H,64,74)(H,65,70)(H4,51,52,55)(H4,53,54,56)/t25-,31+,32+,33+,34-,35+,36+,37+/m1/s1. The summed E-state index contributed by atoms with van der Waals surface area (Å²) in [5.41, 5.74) is 24.1. The monoisotopic (exact) mass is 1110 g/mol. The lowest BCUT2D eigenvalue weighted by Crippen LogP contribution is -2.60. The summed E-state index contributed by atoms with van der Waals surface area (Å²) in [6, 6.07) is 4.53. The number of nitrogens with two attached hydrogens (primary N) is 4. The molecule has 0 aliphatic carbocycles. The van der Waals surface area contributed by atoms with Crippen molar-refractivity contribution in [3.63, 3.8) is 0 Å². The van der Waals surface area contributed by atoms with Crippen LogP contribution >= 0.6 is 21.6 Å². The number of nitrogens with one attached hydrogen (secondary N) is 13. The Balaban J connectivity index is 1.79. The minimum absolute atomic E-state index is 0.0460. The van der Waals surface area contributed by atoms with Crippen molar-refractivity contribution in [3.05, 3.63) is 71.9 Å². The second kappa shape index (κ2) is 31.1. The molecule has 27 nitrogen and oxygen atoms in total. The van der Waals surface area contributed by atoms with E-state index >= 15 is 0 Å². The average Bonchev–Trinajstić information content (AvgIpc) is 3.78. The van der Waals surface area contributed by atoms with Gasteiger partial charge in [-0.15, -0.1) is 0 Å². The number of fused-ring (bicyclic) bond motifs is 1. The highest BCUT2D eigenvalue weighted by Crippen LogP contribution is 2.24. The molecule has 418 valence electrons. The predicted octanol–water partition coefficient (Wildman–Crippen LogP) is -3.46. The van der Waals surface area contributed by atoms with E-state index in [1.807, 2.05) is 6.07 Å². The molecule has 29 heteroatoms. The van der Waals surface area contributed by atoms with Gasteiger partial charge in [-0.25, -0.2) is 0 Å². The normalized spacial score (nSPS) is 21.8. The molecule has 1 saturated heterocycles. The van der Waals surface area contributed by atoms with Gasteiger partial charge in [0.25, 0.3) is 0 Å². The Morgan fingerprint density at radius 1 is 0.662 bits per heavy atom. The van der Waals surface area contributed by atoms with Crippen LogP contribution in [0.2, 0.25) is 0 Å². The van der Waals surface area contributed by atoms with Crippen LogP contribution in [0.25, 0.3) is 10.9 Å². The molecule has 4 rings (SSSR count). The first-order valence-corrected chi connectivity index (χ1v) is 27.1. The van der Waals surface area contributed by atoms with E-state index in [0.29, 0.717) is 11.1 Å². The maximum Gasteiger partial charge on any atom is 0.244 e. The minimum Gasteiger partial charge on any atom is -0.370 e. The Morgan fingerprint density at radius 3 is 1.86 bits per heavy atom. The molecule has 0 unspecified atom stereocenters. The Hall–Kier alpha value is -8.08. The number of para-hydroxylation sites is 1. The zero-order valence-electron chi connectivity index (χ0n) is 42.6. The number of rotatable bonds is 19. The molecule has 0 spiro atoms. The van der Waals surface area contributed by atoms with Crippen molar-refractivity contribution in [1.29, 1.82) is 10.8 Å². The van der Waals surface area contributed by atoms with Crippen LogP contribution in [-0.4, -0.2) is 149 Å². The van der Waals surface area contributed by atoms with E-state index in [0.717, 1.165) is 32.5 Å². The lowest BCUT2D eigenvalue weighted by Gasteiger charge is -2.27. The summed E-state index contributed by atoms with van der Waals surface area (Å²) in [6.45, 7) is 2.75. The molecule has 8 atom stereocenters. The molecule has 1 aliphatic heterocycles. The topological polar surface area (TPSA) is 459 Å². The van der Waals surface area contributed by atoms with Gasteiger partial charge in [-0.3, -0.25) is 58.8 Å². The Morgan fingerprint density at radius 2 is 1.22 bits per heavy atom. The van der Waals surface area contributed by atoms with Crippen LogP contribution in [0.15, 0.2) is 60.8 Å². The highest BCUT2D eigenvalue weighted by atomic mass is 33.1. The van der Waals surface area contributed by atoms with Crippen LogP contribution in [0.3, 0.4) is 0 Å². The van der Waals surface area contributed by atoms with Crippen LogP contribution < -0.4 is 76.1 Å². The molecule has 0 radical (unpaired) electrons. The fourth-order valence-corrected chi connectivity index (χ4v) is 10.2. The smallest absolute Gasteiger partial charge is 0.244 e. The lowest BCUT2D eigenvalue weighted by atomic mass is 10.0. The Bertz CT molecular complexity index is 2610. The molecule has 0 bridgehead atoms. The van der Waals surface area contributed by atoms with Gasteiger partial charge in [0.05, 0.1) is 0 Å². The fourth-order valence-electron chi connectivity index (χ4n) is 7.83. The molecule has 1 aromatic heterocycles. The van der Waals surface area contributed by atoms with Gasteiger partial charge in [-0.1, -0.05) is 70.1 Å². The van der Waals surface area contributed by atoms with Crippen molar-refractivity contribution >= 4 is 103 Å². The zero-order chi connectivity index (χ0) is 56.6. The first-order valence-electron chi connectivity index (χ1n) is 24.6. The van der Waals surface area contributed by atoms with Crippen LogP contribution in [0.4, 0.5) is 0 Å². The number of amides is 10. The number of carbonyl (C=O) groups excluding carboxylic acids is 10. The minimum atomic E-state index is -1.53. The van der Waals surface area contributed by atoms with Gasteiger partial charge < -0.3 is 81.1 Å². The van der Waals surface area contributed by atoms with E-state index in [4.69, 9.17) is 33.8 Å². The number of primary amides is 2. The lowest BCUT2D eigenvalue weighted by molar-refractivity contribution is -0.135. The number of H-pyrrole nitrogens is 1. The SMILES string of the molecule is CC(=O)N[C@@H](CCCNC(=N)N)C(=O)N[C@H]1CSSC[C@@H](C(N)=O)NC(=O)[C@H](Cc2c[nH]c3ccccc23)NC(=O)[C@H](CCCNC(=N)N)NC(=O)[C@@H](Cc2ccccc2)NC(=O)[C@H](CCC(N)=O)NC(=O)[C@@H](C)NC1=O. The molecule has 21 N–H and O–H groups in total. The van der Waals surface area contributed by atoms with E-state index in [-0.39, 0.29) is 81.5 Å². The number of hydrogen-bond acceptors (Lipinski definition) is 14. The average molecular weight is 1110 g/mol. The third-order valence-electron chi connectivity index (χ3n) is 11.9. The number of aromatic nitrogens is 1. The maximum absolute atomic E-state index is 14.6. The quantitative estimate of drug-likeness (QED) is 0.0240. The molecule has 0 saturated carbocycles. The molecule has 2 aromatic carbocycles. The highest BCUT2D eigenvalue weighted by molar-refractivity contribution is 8.76. The first-order chi connectivity index (χ1) is 36.6. The van der Waals surface area contributed by atoms with Crippen molar-refractivity contribution < 1.29 is 47.9 Å². The molecule has 3 aromatic rings. The summed E-state index contributed by atoms with van der Waals surface area (Å²) in [4.78, 5) is 140. The van der Waals surface area contributed by atoms with E-state index in [1.54, 1.807) is 54.7 Å². The van der Waals surface area contributed by atoms with E-state index in [1.165, 1.54) is 13.8 Å². The number of carbonyl (C=O) groups is 10. The van der Waals surface area contributed by atoms with Crippen molar-refractivity contribution in [2.24, 2.45) is 22.9 Å². The number of hydrogen-bond donors (Lipinski definition) is 17. The van der Waals surface area contributed by atoms with E-state index in [2.05, 4.69) is 58.2 Å². The second-order valence-electron chi connectivity index (χ2n) is 18.0. The molecule has 77 heavy (non-hydrogen) atoms. The summed E-state index contributed by atoms with van der Waals surface area (Å²) in [7, 11) is 1.96. The molecule has 1 aliphatic rings. The van der Waals surface area contributed by atoms with Crippen molar-refractivity contribution in [3.8, 4) is 0 Å². The second-order valence-corrected chi connectivity index (χ2v) is 20.6. The Kier molecular flexibility index (Phi) is 24.8. The number of guanidine groups is 2. The summed E-state index contributed by atoms with van der Waals surface area (Å²) >= 11 is 0. The fraction of sp³-hybridized carbons (Fsp3) is 0.458. The van der Waals surface area contributed by atoms with Crippen LogP contribution in [0.5, 0.6) is 0 Å². The molecule has 1 fully saturated rings. The van der Waals surface area contributed by atoms with Gasteiger partial charge in [0.15, 0.2) is 11.9 Å². The molecular formula is C48H69N17O10S2. The third-order valence-corrected chi connectivity index (χ3v) is 14.3. The summed E-state index contributed by atoms with van der Waals surface area (Å²) in [5, 5.41) is 41.9. The molecular weight excluding hydrogens is 1040 g/mol. The predicted molar refractivity (Wildman–Crippen MR) is 290 cm³/mol. The number of aromatic amines is 1. The first kappa shape index (κ1) is 61.5. The van der Waals surface area contributed by atoms with Crippen LogP contribution in [0, 0.1) is 10.8 Å². The summed E-state index contributed by atoms with van der Waals surface area (Å²) in [5.74, 6) is -9.55. The van der Waals surface area contributed by atoms with E-state index < -0.39 is 114 Å². The zero-order valence-corrected chi connectivity index (χ0v) is 44.2. The van der Waals surface area contributed by atoms with Crippen LogP contribution in [-0.2, 0) is 60.8 Å². The summed E-state index contributed by atoms with van der Waals surface area (Å²) in [6.07, 6.45) is 0.990. The van der Waals surface area contributed by atoms with Gasteiger partial charge in [0.1, 0.15) is 48.3 Å². The van der Waals surface area contributed by atoms with Gasteiger partial charge in [-0.05, 0) is 56.2 Å².